The van der Waals surface area contributed by atoms with Crippen LogP contribution in [-0.2, 0) is 14.3 Å². The Morgan fingerprint density at radius 3 is 2.76 bits per heavy atom. The normalized spacial score (nSPS) is 21.1. The van der Waals surface area contributed by atoms with Crippen LogP contribution in [0.4, 0.5) is 0 Å². The zero-order valence-corrected chi connectivity index (χ0v) is 20.9. The van der Waals surface area contributed by atoms with Crippen LogP contribution < -0.4 is 5.73 Å². The number of methoxy groups -OCH3 is 1. The van der Waals surface area contributed by atoms with E-state index in [1.807, 2.05) is 29.2 Å². The molecule has 34 heavy (non-hydrogen) atoms. The van der Waals surface area contributed by atoms with E-state index in [4.69, 9.17) is 15.2 Å². The predicted molar refractivity (Wildman–Crippen MR) is 134 cm³/mol. The molecule has 1 aromatic carbocycles. The fraction of sp³-hybridized carbons (Fsp3) is 0.714. The van der Waals surface area contributed by atoms with Crippen molar-refractivity contribution in [2.75, 3.05) is 40.0 Å². The van der Waals surface area contributed by atoms with Gasteiger partial charge in [-0.05, 0) is 61.8 Å². The van der Waals surface area contributed by atoms with Gasteiger partial charge in [0.1, 0.15) is 0 Å². The van der Waals surface area contributed by atoms with E-state index in [1.165, 1.54) is 32.1 Å². The Bertz CT molecular complexity index is 787. The molecule has 1 aromatic rings. The first-order valence-corrected chi connectivity index (χ1v) is 13.2. The number of hydrogen-bond acceptors (Lipinski definition) is 5. The quantitative estimate of drug-likeness (QED) is 0.443. The van der Waals surface area contributed by atoms with Crippen LogP contribution in [0.1, 0.15) is 81.4 Å². The van der Waals surface area contributed by atoms with Crippen LogP contribution in [0.3, 0.4) is 0 Å². The monoisotopic (exact) mass is 469 g/mol. The van der Waals surface area contributed by atoms with Crippen LogP contribution in [0.25, 0.3) is 0 Å². The molecule has 1 heterocycles. The summed E-state index contributed by atoms with van der Waals surface area (Å²) in [5.74, 6) is 1.47. The molecule has 6 nitrogen and oxygen atoms in total. The molecule has 2 aliphatic rings. The summed E-state index contributed by atoms with van der Waals surface area (Å²) in [7, 11) is 1.70. The van der Waals surface area contributed by atoms with Crippen LogP contribution in [0.2, 0.25) is 0 Å². The molecule has 1 aliphatic heterocycles. The maximum Gasteiger partial charge on any atom is 0.222 e. The Balaban J connectivity index is 1.63. The summed E-state index contributed by atoms with van der Waals surface area (Å²) < 4.78 is 11.5. The molecule has 0 radical (unpaired) electrons. The van der Waals surface area contributed by atoms with E-state index in [1.54, 1.807) is 7.11 Å². The van der Waals surface area contributed by atoms with Gasteiger partial charge in [-0.2, -0.15) is 5.26 Å². The average molecular weight is 470 g/mol. The molecule has 0 bridgehead atoms. The van der Waals surface area contributed by atoms with E-state index < -0.39 is 0 Å². The van der Waals surface area contributed by atoms with Gasteiger partial charge in [-0.1, -0.05) is 44.2 Å². The van der Waals surface area contributed by atoms with E-state index >= 15 is 0 Å². The summed E-state index contributed by atoms with van der Waals surface area (Å²) in [6, 6.07) is 9.94. The minimum absolute atomic E-state index is 0.131. The number of hydrogen-bond donors (Lipinski definition) is 1. The number of nitrogens with two attached hydrogens (primary N) is 1. The lowest BCUT2D eigenvalue weighted by Gasteiger charge is -2.38. The Morgan fingerprint density at radius 1 is 1.21 bits per heavy atom. The highest BCUT2D eigenvalue weighted by Gasteiger charge is 2.32. The van der Waals surface area contributed by atoms with E-state index in [2.05, 4.69) is 6.07 Å². The smallest absolute Gasteiger partial charge is 0.222 e. The highest BCUT2D eigenvalue weighted by molar-refractivity contribution is 5.76. The Labute approximate surface area is 205 Å². The van der Waals surface area contributed by atoms with Crippen molar-refractivity contribution in [1.82, 2.24) is 4.90 Å². The van der Waals surface area contributed by atoms with E-state index in [0.717, 1.165) is 43.7 Å². The molecule has 0 spiro atoms. The van der Waals surface area contributed by atoms with E-state index in [0.29, 0.717) is 38.3 Å². The highest BCUT2D eigenvalue weighted by atomic mass is 16.5. The van der Waals surface area contributed by atoms with Crippen molar-refractivity contribution < 1.29 is 14.3 Å². The van der Waals surface area contributed by atoms with Crippen LogP contribution in [0.15, 0.2) is 24.3 Å². The summed E-state index contributed by atoms with van der Waals surface area (Å²) in [5.41, 5.74) is 7.76. The van der Waals surface area contributed by atoms with Crippen molar-refractivity contribution >= 4 is 5.91 Å². The zero-order chi connectivity index (χ0) is 24.2. The number of carbonyl (C=O) groups is 1. The van der Waals surface area contributed by atoms with Gasteiger partial charge in [0.2, 0.25) is 5.91 Å². The number of piperidine rings is 1. The van der Waals surface area contributed by atoms with Crippen molar-refractivity contribution in [2.45, 2.75) is 70.3 Å². The minimum Gasteiger partial charge on any atom is -0.385 e. The Kier molecular flexibility index (Phi) is 11.3. The molecular formula is C28H43N3O3. The molecule has 1 aliphatic carbocycles. The standard InChI is InChI=1S/C28H43N3O3/c1-33-14-7-15-34-28(25-11-5-10-23(17-25)19-29)26-12-6-13-31(21-26)27(32)18-24(20-30)16-22-8-3-2-4-9-22/h5,10-11,17,22,24,26,28H,2-4,6-9,12-16,18,20-21,30H2,1H3/t24-,26-,28+/m1/s1. The summed E-state index contributed by atoms with van der Waals surface area (Å²) >= 11 is 0. The van der Waals surface area contributed by atoms with Crippen LogP contribution in [-0.4, -0.2) is 50.8 Å². The average Bonchev–Trinajstić information content (AvgIpc) is 2.89. The molecule has 3 atom stereocenters. The molecule has 2 fully saturated rings. The highest BCUT2D eigenvalue weighted by Crippen LogP contribution is 2.35. The van der Waals surface area contributed by atoms with Gasteiger partial charge in [-0.15, -0.1) is 0 Å². The van der Waals surface area contributed by atoms with Gasteiger partial charge in [0.15, 0.2) is 0 Å². The number of benzene rings is 1. The topological polar surface area (TPSA) is 88.6 Å². The number of likely N-dealkylation sites (tertiary alicyclic amines) is 1. The number of nitriles is 1. The molecule has 0 aromatic heterocycles. The Morgan fingerprint density at radius 2 is 2.03 bits per heavy atom. The van der Waals surface area contributed by atoms with Gasteiger partial charge < -0.3 is 20.1 Å². The van der Waals surface area contributed by atoms with Crippen LogP contribution in [0, 0.1) is 29.1 Å². The first-order chi connectivity index (χ1) is 16.6. The predicted octanol–water partition coefficient (Wildman–Crippen LogP) is 4.83. The molecule has 6 heteroatoms. The molecule has 1 saturated carbocycles. The second-order valence-corrected chi connectivity index (χ2v) is 10.2. The first kappa shape index (κ1) is 26.7. The van der Waals surface area contributed by atoms with Gasteiger partial charge >= 0.3 is 0 Å². The fourth-order valence-electron chi connectivity index (χ4n) is 5.72. The summed E-state index contributed by atoms with van der Waals surface area (Å²) in [6.07, 6.45) is 10.9. The second-order valence-electron chi connectivity index (χ2n) is 10.2. The molecular weight excluding hydrogens is 426 g/mol. The lowest BCUT2D eigenvalue weighted by Crippen LogP contribution is -2.43. The number of nitrogens with zero attached hydrogens (tertiary/aromatic N) is 2. The molecule has 0 unspecified atom stereocenters. The van der Waals surface area contributed by atoms with E-state index in [9.17, 15) is 10.1 Å². The van der Waals surface area contributed by atoms with Crippen molar-refractivity contribution in [1.29, 1.82) is 5.26 Å². The minimum atomic E-state index is -0.131. The lowest BCUT2D eigenvalue weighted by atomic mass is 9.81. The van der Waals surface area contributed by atoms with Crippen molar-refractivity contribution in [2.24, 2.45) is 23.5 Å². The molecule has 2 N–H and O–H groups in total. The molecule has 188 valence electrons. The maximum atomic E-state index is 13.3. The van der Waals surface area contributed by atoms with Gasteiger partial charge in [-0.3, -0.25) is 4.79 Å². The lowest BCUT2D eigenvalue weighted by molar-refractivity contribution is -0.135. The van der Waals surface area contributed by atoms with Crippen molar-refractivity contribution in [3.05, 3.63) is 35.4 Å². The SMILES string of the molecule is COCCCO[C@@H](c1cccc(C#N)c1)[C@@H]1CCCN(C(=O)C[C@H](CN)CC2CCCCC2)C1. The van der Waals surface area contributed by atoms with Gasteiger partial charge in [0.25, 0.3) is 0 Å². The zero-order valence-electron chi connectivity index (χ0n) is 20.9. The van der Waals surface area contributed by atoms with E-state index in [-0.39, 0.29) is 23.8 Å². The fourth-order valence-corrected chi connectivity index (χ4v) is 5.72. The van der Waals surface area contributed by atoms with Crippen molar-refractivity contribution in [3.8, 4) is 6.07 Å². The maximum absolute atomic E-state index is 13.3. The van der Waals surface area contributed by atoms with Crippen molar-refractivity contribution in [3.63, 3.8) is 0 Å². The third kappa shape index (κ3) is 8.08. The number of amides is 1. The summed E-state index contributed by atoms with van der Waals surface area (Å²) in [6.45, 7) is 3.35. The van der Waals surface area contributed by atoms with Gasteiger partial charge in [-0.25, -0.2) is 0 Å². The number of carbonyl (C=O) groups excluding carboxylic acids is 1. The van der Waals surface area contributed by atoms with Crippen LogP contribution in [0.5, 0.6) is 0 Å². The van der Waals surface area contributed by atoms with Gasteiger partial charge in [0.05, 0.1) is 17.7 Å². The number of rotatable bonds is 12. The molecule has 1 saturated heterocycles. The molecule has 3 rings (SSSR count). The largest absolute Gasteiger partial charge is 0.385 e. The van der Waals surface area contributed by atoms with Crippen LogP contribution >= 0.6 is 0 Å². The first-order valence-electron chi connectivity index (χ1n) is 13.2. The molecule has 1 amide bonds. The summed E-state index contributed by atoms with van der Waals surface area (Å²) in [4.78, 5) is 15.3. The number of ether oxygens (including phenoxy) is 2. The third-order valence-electron chi connectivity index (χ3n) is 7.56. The third-order valence-corrected chi connectivity index (χ3v) is 7.56. The second kappa shape index (κ2) is 14.5. The van der Waals surface area contributed by atoms with Gasteiger partial charge in [0, 0.05) is 45.8 Å². The summed E-state index contributed by atoms with van der Waals surface area (Å²) in [5, 5.41) is 9.37. The Hall–Kier alpha value is -1.94.